The molecular formula is C16H11F2N3O3. The second kappa shape index (κ2) is 5.48. The molecule has 0 radical (unpaired) electrons. The lowest BCUT2D eigenvalue weighted by molar-refractivity contribution is 0.172. The van der Waals surface area contributed by atoms with E-state index in [4.69, 9.17) is 9.47 Å². The van der Waals surface area contributed by atoms with Gasteiger partial charge in [-0.2, -0.15) is 0 Å². The van der Waals surface area contributed by atoms with E-state index in [1.54, 1.807) is 12.1 Å². The number of H-pyrrole nitrogens is 1. The molecule has 8 heteroatoms. The number of aromatic hydroxyl groups is 1. The van der Waals surface area contributed by atoms with Crippen molar-refractivity contribution in [3.05, 3.63) is 42.0 Å². The Morgan fingerprint density at radius 3 is 2.50 bits per heavy atom. The third kappa shape index (κ3) is 2.41. The topological polar surface area (TPSA) is 79.2 Å². The molecule has 0 spiro atoms. The van der Waals surface area contributed by atoms with Crippen LogP contribution in [0.1, 0.15) is 0 Å². The molecule has 6 nitrogen and oxygen atoms in total. The lowest BCUT2D eigenvalue weighted by Crippen LogP contribution is -2.15. The number of hydrogen-bond donors (Lipinski definition) is 2. The summed E-state index contributed by atoms with van der Waals surface area (Å²) in [6.45, 7) is 0.869. The molecule has 0 fully saturated rings. The van der Waals surface area contributed by atoms with Gasteiger partial charge in [-0.25, -0.2) is 8.78 Å². The lowest BCUT2D eigenvalue weighted by Gasteiger charge is -2.18. The molecule has 0 bridgehead atoms. The molecule has 0 amide bonds. The summed E-state index contributed by atoms with van der Waals surface area (Å²) in [5, 5.41) is 18.2. The minimum atomic E-state index is -0.841. The fraction of sp³-hybridized carbons (Fsp3) is 0.125. The van der Waals surface area contributed by atoms with Gasteiger partial charge in [-0.3, -0.25) is 0 Å². The van der Waals surface area contributed by atoms with Crippen LogP contribution < -0.4 is 9.47 Å². The fourth-order valence-corrected chi connectivity index (χ4v) is 2.47. The third-order valence-corrected chi connectivity index (χ3v) is 3.58. The summed E-state index contributed by atoms with van der Waals surface area (Å²) < 4.78 is 37.5. The van der Waals surface area contributed by atoms with Crippen LogP contribution in [0.4, 0.5) is 20.2 Å². The van der Waals surface area contributed by atoms with Gasteiger partial charge in [0, 0.05) is 17.5 Å². The van der Waals surface area contributed by atoms with Crippen molar-refractivity contribution in [2.24, 2.45) is 10.2 Å². The van der Waals surface area contributed by atoms with E-state index in [1.165, 1.54) is 6.07 Å². The Labute approximate surface area is 134 Å². The van der Waals surface area contributed by atoms with E-state index in [9.17, 15) is 13.9 Å². The number of halogens is 2. The molecule has 24 heavy (non-hydrogen) atoms. The largest absolute Gasteiger partial charge is 0.493 e. The summed E-state index contributed by atoms with van der Waals surface area (Å²) in [6.07, 6.45) is 0. The number of benzene rings is 2. The second-order valence-electron chi connectivity index (χ2n) is 5.16. The van der Waals surface area contributed by atoms with Crippen molar-refractivity contribution in [2.45, 2.75) is 0 Å². The molecule has 0 unspecified atom stereocenters. The Bertz CT molecular complexity index is 969. The zero-order valence-electron chi connectivity index (χ0n) is 12.2. The number of aromatic amines is 1. The Hall–Kier alpha value is -3.16. The van der Waals surface area contributed by atoms with Crippen LogP contribution in [0, 0.1) is 11.6 Å². The highest BCUT2D eigenvalue weighted by molar-refractivity contribution is 5.96. The first kappa shape index (κ1) is 14.4. The van der Waals surface area contributed by atoms with Crippen molar-refractivity contribution < 1.29 is 23.4 Å². The number of nitrogens with one attached hydrogen (secondary N) is 1. The van der Waals surface area contributed by atoms with E-state index < -0.39 is 11.6 Å². The van der Waals surface area contributed by atoms with Crippen molar-refractivity contribution in [1.82, 2.24) is 4.98 Å². The van der Waals surface area contributed by atoms with Gasteiger partial charge >= 0.3 is 0 Å². The van der Waals surface area contributed by atoms with E-state index in [0.717, 1.165) is 6.07 Å². The van der Waals surface area contributed by atoms with E-state index in [1.807, 2.05) is 0 Å². The maximum atomic E-state index is 13.6. The monoisotopic (exact) mass is 331 g/mol. The summed E-state index contributed by atoms with van der Waals surface area (Å²) >= 11 is 0. The zero-order valence-corrected chi connectivity index (χ0v) is 12.2. The summed E-state index contributed by atoms with van der Waals surface area (Å²) in [4.78, 5) is 2.75. The SMILES string of the molecule is Oc1[nH]c2cc3c(cc2c1N=Nc1ccc(F)cc1F)OCCO3. The summed E-state index contributed by atoms with van der Waals surface area (Å²) in [6, 6.07) is 6.30. The molecule has 0 saturated heterocycles. The van der Waals surface area contributed by atoms with Crippen LogP contribution in [0.25, 0.3) is 10.9 Å². The number of fused-ring (bicyclic) bond motifs is 2. The highest BCUT2D eigenvalue weighted by Crippen LogP contribution is 2.42. The number of nitrogens with zero attached hydrogens (tertiary/aromatic N) is 2. The predicted molar refractivity (Wildman–Crippen MR) is 81.5 cm³/mol. The minimum absolute atomic E-state index is 0.130. The number of ether oxygens (including phenoxy) is 2. The first-order valence-electron chi connectivity index (χ1n) is 7.13. The van der Waals surface area contributed by atoms with Gasteiger partial charge in [0.05, 0.1) is 5.52 Å². The second-order valence-corrected chi connectivity index (χ2v) is 5.16. The quantitative estimate of drug-likeness (QED) is 0.686. The Morgan fingerprint density at radius 2 is 1.75 bits per heavy atom. The highest BCUT2D eigenvalue weighted by Gasteiger charge is 2.18. The lowest BCUT2D eigenvalue weighted by atomic mass is 10.2. The highest BCUT2D eigenvalue weighted by atomic mass is 19.1. The van der Waals surface area contributed by atoms with Gasteiger partial charge in [0.25, 0.3) is 0 Å². The molecular weight excluding hydrogens is 320 g/mol. The fourth-order valence-electron chi connectivity index (χ4n) is 2.47. The van der Waals surface area contributed by atoms with Crippen molar-refractivity contribution in [2.75, 3.05) is 13.2 Å². The number of aromatic nitrogens is 1. The van der Waals surface area contributed by atoms with Crippen LogP contribution in [-0.4, -0.2) is 23.3 Å². The molecule has 1 aliphatic rings. The molecule has 0 saturated carbocycles. The maximum Gasteiger partial charge on any atom is 0.218 e. The molecule has 1 aromatic heterocycles. The Balaban J connectivity index is 1.78. The normalized spacial score (nSPS) is 13.8. The van der Waals surface area contributed by atoms with Crippen molar-refractivity contribution in [1.29, 1.82) is 0 Å². The molecule has 4 rings (SSSR count). The van der Waals surface area contributed by atoms with Gasteiger partial charge in [-0.1, -0.05) is 0 Å². The molecule has 2 aromatic carbocycles. The van der Waals surface area contributed by atoms with E-state index in [0.29, 0.717) is 41.7 Å². The third-order valence-electron chi connectivity index (χ3n) is 3.58. The average molecular weight is 331 g/mol. The first-order valence-corrected chi connectivity index (χ1v) is 7.13. The van der Waals surface area contributed by atoms with Gasteiger partial charge in [0.2, 0.25) is 5.88 Å². The van der Waals surface area contributed by atoms with Crippen LogP contribution in [0.15, 0.2) is 40.6 Å². The van der Waals surface area contributed by atoms with Gasteiger partial charge < -0.3 is 19.6 Å². The number of rotatable bonds is 2. The smallest absolute Gasteiger partial charge is 0.218 e. The zero-order chi connectivity index (χ0) is 16.7. The molecule has 2 N–H and O–H groups in total. The van der Waals surface area contributed by atoms with Gasteiger partial charge in [0.1, 0.15) is 24.7 Å². The number of azo groups is 1. The van der Waals surface area contributed by atoms with Crippen LogP contribution in [0.3, 0.4) is 0 Å². The first-order chi connectivity index (χ1) is 11.6. The summed E-state index contributed by atoms with van der Waals surface area (Å²) in [5.74, 6) is -0.684. The molecule has 3 aromatic rings. The van der Waals surface area contributed by atoms with Gasteiger partial charge in [-0.15, -0.1) is 10.2 Å². The van der Waals surface area contributed by atoms with E-state index in [-0.39, 0.29) is 17.3 Å². The average Bonchev–Trinajstić information content (AvgIpc) is 2.86. The number of hydrogen-bond acceptors (Lipinski definition) is 5. The van der Waals surface area contributed by atoms with Crippen LogP contribution in [0.2, 0.25) is 0 Å². The minimum Gasteiger partial charge on any atom is -0.493 e. The summed E-state index contributed by atoms with van der Waals surface area (Å²) in [7, 11) is 0. The van der Waals surface area contributed by atoms with Crippen LogP contribution in [-0.2, 0) is 0 Å². The van der Waals surface area contributed by atoms with E-state index >= 15 is 0 Å². The van der Waals surface area contributed by atoms with Crippen LogP contribution in [0.5, 0.6) is 17.4 Å². The molecule has 122 valence electrons. The molecule has 1 aliphatic heterocycles. The Kier molecular flexibility index (Phi) is 3.30. The predicted octanol–water partition coefficient (Wildman–Crippen LogP) is 4.34. The maximum absolute atomic E-state index is 13.6. The van der Waals surface area contributed by atoms with Gasteiger partial charge in [-0.05, 0) is 18.2 Å². The molecule has 0 aliphatic carbocycles. The standard InChI is InChI=1S/C16H11F2N3O3/c17-8-1-2-11(10(18)5-8)20-21-15-9-6-13-14(24-4-3-23-13)7-12(9)19-16(15)22/h1-2,5-7,19,22H,3-4H2. The van der Waals surface area contributed by atoms with Crippen LogP contribution >= 0.6 is 0 Å². The van der Waals surface area contributed by atoms with E-state index in [2.05, 4.69) is 15.2 Å². The Morgan fingerprint density at radius 1 is 1.00 bits per heavy atom. The van der Waals surface area contributed by atoms with Crippen molar-refractivity contribution >= 4 is 22.3 Å². The molecule has 2 heterocycles. The van der Waals surface area contributed by atoms with Crippen molar-refractivity contribution in [3.63, 3.8) is 0 Å². The van der Waals surface area contributed by atoms with Gasteiger partial charge in [0.15, 0.2) is 23.0 Å². The molecule has 0 atom stereocenters. The summed E-state index contributed by atoms with van der Waals surface area (Å²) in [5.41, 5.74) is 0.568. The van der Waals surface area contributed by atoms with Crippen molar-refractivity contribution in [3.8, 4) is 17.4 Å².